The van der Waals surface area contributed by atoms with Gasteiger partial charge < -0.3 is 9.64 Å². The Morgan fingerprint density at radius 1 is 1.38 bits per heavy atom. The maximum atomic E-state index is 14.4. The Morgan fingerprint density at radius 3 is 2.62 bits per heavy atom. The van der Waals surface area contributed by atoms with Crippen LogP contribution in [0, 0.1) is 12.8 Å². The molecule has 1 aromatic rings. The lowest BCUT2D eigenvalue weighted by atomic mass is 9.88. The fraction of sp³-hybridized carbons (Fsp3) is 0.706. The number of alkyl halides is 2. The van der Waals surface area contributed by atoms with E-state index in [-0.39, 0.29) is 13.0 Å². The van der Waals surface area contributed by atoms with Crippen LogP contribution in [0.15, 0.2) is 12.4 Å². The van der Waals surface area contributed by atoms with Gasteiger partial charge in [0.2, 0.25) is 0 Å². The zero-order valence-electron chi connectivity index (χ0n) is 14.7. The summed E-state index contributed by atoms with van der Waals surface area (Å²) in [4.78, 5) is 21.4. The number of halogens is 2. The number of aryl methyl sites for hydroxylation is 2. The van der Waals surface area contributed by atoms with E-state index in [0.717, 1.165) is 10.6 Å². The first-order valence-electron chi connectivity index (χ1n) is 8.20. The lowest BCUT2D eigenvalue weighted by Gasteiger charge is -2.38. The van der Waals surface area contributed by atoms with Crippen LogP contribution in [-0.2, 0) is 11.2 Å². The number of rotatable bonds is 3. The van der Waals surface area contributed by atoms with Crippen molar-refractivity contribution in [1.29, 1.82) is 0 Å². The summed E-state index contributed by atoms with van der Waals surface area (Å²) >= 11 is 0. The lowest BCUT2D eigenvalue weighted by Crippen LogP contribution is -2.51. The SMILES string of the molecule is Cc1cnc(CC[C@H]2CCN(C(=O)OC(C)(C)C)CC2(F)F)cn1. The molecule has 0 N–H and O–H groups in total. The third kappa shape index (κ3) is 5.11. The number of carbonyl (C=O) groups excluding carboxylic acids is 1. The average Bonchev–Trinajstić information content (AvgIpc) is 2.45. The molecule has 0 bridgehead atoms. The van der Waals surface area contributed by atoms with Crippen LogP contribution >= 0.6 is 0 Å². The van der Waals surface area contributed by atoms with Crippen LogP contribution in [0.1, 0.15) is 45.0 Å². The highest BCUT2D eigenvalue weighted by atomic mass is 19.3. The van der Waals surface area contributed by atoms with Gasteiger partial charge in [-0.3, -0.25) is 9.97 Å². The summed E-state index contributed by atoms with van der Waals surface area (Å²) in [7, 11) is 0. The van der Waals surface area contributed by atoms with Crippen molar-refractivity contribution in [2.75, 3.05) is 13.1 Å². The van der Waals surface area contributed by atoms with E-state index in [1.165, 1.54) is 0 Å². The number of nitrogens with zero attached hydrogens (tertiary/aromatic N) is 3. The van der Waals surface area contributed by atoms with Crippen molar-refractivity contribution in [3.05, 3.63) is 23.8 Å². The lowest BCUT2D eigenvalue weighted by molar-refractivity contribution is -0.112. The molecule has 0 aliphatic carbocycles. The summed E-state index contributed by atoms with van der Waals surface area (Å²) in [5, 5.41) is 0. The minimum absolute atomic E-state index is 0.255. The second-order valence-electron chi connectivity index (χ2n) is 7.34. The molecule has 1 saturated heterocycles. The quantitative estimate of drug-likeness (QED) is 0.843. The zero-order valence-corrected chi connectivity index (χ0v) is 14.7. The zero-order chi connectivity index (χ0) is 18.0. The first-order valence-corrected chi connectivity index (χ1v) is 8.20. The topological polar surface area (TPSA) is 55.3 Å². The maximum absolute atomic E-state index is 14.4. The number of aromatic nitrogens is 2. The van der Waals surface area contributed by atoms with E-state index < -0.39 is 30.1 Å². The summed E-state index contributed by atoms with van der Waals surface area (Å²) in [6.07, 6.45) is 3.63. The molecule has 2 rings (SSSR count). The van der Waals surface area contributed by atoms with Crippen molar-refractivity contribution in [2.24, 2.45) is 5.92 Å². The molecule has 7 heteroatoms. The molecule has 1 aromatic heterocycles. The standard InChI is InChI=1S/C17H25F2N3O2/c1-12-9-21-14(10-20-12)6-5-13-7-8-22(11-17(13,18)19)15(23)24-16(2,3)4/h9-10,13H,5-8,11H2,1-4H3/t13-/m0/s1. The number of carbonyl (C=O) groups is 1. The van der Waals surface area contributed by atoms with E-state index in [2.05, 4.69) is 9.97 Å². The molecule has 1 aliphatic rings. The van der Waals surface area contributed by atoms with Crippen LogP contribution < -0.4 is 0 Å². The average molecular weight is 341 g/mol. The van der Waals surface area contributed by atoms with Gasteiger partial charge in [-0.2, -0.15) is 0 Å². The van der Waals surface area contributed by atoms with Crippen LogP contribution in [0.25, 0.3) is 0 Å². The highest BCUT2D eigenvalue weighted by Gasteiger charge is 2.46. The van der Waals surface area contributed by atoms with E-state index in [1.54, 1.807) is 33.2 Å². The van der Waals surface area contributed by atoms with Crippen molar-refractivity contribution in [3.8, 4) is 0 Å². The predicted octanol–water partition coefficient (Wildman–Crippen LogP) is 3.61. The Kier molecular flexibility index (Phi) is 5.40. The smallest absolute Gasteiger partial charge is 0.410 e. The number of amides is 1. The van der Waals surface area contributed by atoms with Crippen molar-refractivity contribution >= 4 is 6.09 Å². The maximum Gasteiger partial charge on any atom is 0.410 e. The predicted molar refractivity (Wildman–Crippen MR) is 86.0 cm³/mol. The molecule has 0 unspecified atom stereocenters. The van der Waals surface area contributed by atoms with Gasteiger partial charge in [0.05, 0.1) is 17.9 Å². The fourth-order valence-electron chi connectivity index (χ4n) is 2.69. The molecule has 5 nitrogen and oxygen atoms in total. The molecule has 134 valence electrons. The third-order valence-corrected chi connectivity index (χ3v) is 3.98. The van der Waals surface area contributed by atoms with E-state index in [0.29, 0.717) is 18.5 Å². The Labute approximate surface area is 141 Å². The summed E-state index contributed by atoms with van der Waals surface area (Å²) < 4.78 is 34.0. The van der Waals surface area contributed by atoms with E-state index in [9.17, 15) is 13.6 Å². The van der Waals surface area contributed by atoms with Crippen LogP contribution in [0.5, 0.6) is 0 Å². The Bertz CT molecular complexity index is 570. The molecular weight excluding hydrogens is 316 g/mol. The second kappa shape index (κ2) is 6.99. The van der Waals surface area contributed by atoms with Gasteiger partial charge in [0.25, 0.3) is 5.92 Å². The van der Waals surface area contributed by atoms with Crippen LogP contribution in [0.4, 0.5) is 13.6 Å². The van der Waals surface area contributed by atoms with Gasteiger partial charge in [-0.05, 0) is 47.0 Å². The number of likely N-dealkylation sites (tertiary alicyclic amines) is 1. The molecule has 1 amide bonds. The molecule has 0 saturated carbocycles. The fourth-order valence-corrected chi connectivity index (χ4v) is 2.69. The largest absolute Gasteiger partial charge is 0.444 e. The van der Waals surface area contributed by atoms with E-state index in [1.807, 2.05) is 6.92 Å². The minimum atomic E-state index is -2.92. The third-order valence-electron chi connectivity index (χ3n) is 3.98. The van der Waals surface area contributed by atoms with Crippen molar-refractivity contribution in [1.82, 2.24) is 14.9 Å². The van der Waals surface area contributed by atoms with Crippen LogP contribution in [0.2, 0.25) is 0 Å². The molecule has 0 spiro atoms. The monoisotopic (exact) mass is 341 g/mol. The summed E-state index contributed by atoms with van der Waals surface area (Å²) in [5.74, 6) is -3.69. The van der Waals surface area contributed by atoms with Gasteiger partial charge in [-0.25, -0.2) is 13.6 Å². The number of hydrogen-bond acceptors (Lipinski definition) is 4. The van der Waals surface area contributed by atoms with E-state index >= 15 is 0 Å². The summed E-state index contributed by atoms with van der Waals surface area (Å²) in [5.41, 5.74) is 0.827. The highest BCUT2D eigenvalue weighted by Crippen LogP contribution is 2.36. The first-order chi connectivity index (χ1) is 11.1. The molecule has 2 heterocycles. The molecule has 0 radical (unpaired) electrons. The normalized spacial score (nSPS) is 20.8. The highest BCUT2D eigenvalue weighted by molar-refractivity contribution is 5.68. The van der Waals surface area contributed by atoms with Gasteiger partial charge in [-0.1, -0.05) is 0 Å². The number of hydrogen-bond donors (Lipinski definition) is 0. The Balaban J connectivity index is 1.91. The molecular formula is C17H25F2N3O2. The van der Waals surface area contributed by atoms with Crippen LogP contribution in [-0.4, -0.2) is 45.6 Å². The first kappa shape index (κ1) is 18.5. The van der Waals surface area contributed by atoms with Crippen molar-refractivity contribution in [2.45, 2.75) is 58.5 Å². The second-order valence-corrected chi connectivity index (χ2v) is 7.34. The molecule has 1 fully saturated rings. The van der Waals surface area contributed by atoms with Gasteiger partial charge in [0.15, 0.2) is 0 Å². The van der Waals surface area contributed by atoms with Crippen LogP contribution in [0.3, 0.4) is 0 Å². The van der Waals surface area contributed by atoms with Gasteiger partial charge >= 0.3 is 6.09 Å². The summed E-state index contributed by atoms with van der Waals surface area (Å²) in [6.45, 7) is 6.69. The van der Waals surface area contributed by atoms with Crippen molar-refractivity contribution < 1.29 is 18.3 Å². The van der Waals surface area contributed by atoms with Crippen molar-refractivity contribution in [3.63, 3.8) is 0 Å². The Hall–Kier alpha value is -1.79. The minimum Gasteiger partial charge on any atom is -0.444 e. The van der Waals surface area contributed by atoms with E-state index in [4.69, 9.17) is 4.74 Å². The van der Waals surface area contributed by atoms with Gasteiger partial charge in [0, 0.05) is 24.9 Å². The molecule has 0 aromatic carbocycles. The summed E-state index contributed by atoms with van der Waals surface area (Å²) in [6, 6.07) is 0. The number of piperidine rings is 1. The van der Waals surface area contributed by atoms with Gasteiger partial charge in [0.1, 0.15) is 5.60 Å². The molecule has 1 aliphatic heterocycles. The van der Waals surface area contributed by atoms with Gasteiger partial charge in [-0.15, -0.1) is 0 Å². The number of ether oxygens (including phenoxy) is 1. The molecule has 1 atom stereocenters. The Morgan fingerprint density at radius 2 is 2.08 bits per heavy atom. The molecule has 24 heavy (non-hydrogen) atoms.